The second-order valence-corrected chi connectivity index (χ2v) is 7.60. The van der Waals surface area contributed by atoms with Gasteiger partial charge in [0.2, 0.25) is 5.91 Å². The molecule has 1 aromatic rings. The summed E-state index contributed by atoms with van der Waals surface area (Å²) >= 11 is 1.59. The van der Waals surface area contributed by atoms with Crippen LogP contribution in [0.2, 0.25) is 0 Å². The van der Waals surface area contributed by atoms with Crippen molar-refractivity contribution in [2.24, 2.45) is 0 Å². The SMILES string of the molecule is CSCCC(NC(=O)c1cccc([N+](=O)[O-])c1)C(=O)NCCN(C)C1CC1. The van der Waals surface area contributed by atoms with Crippen molar-refractivity contribution in [3.8, 4) is 0 Å². The minimum atomic E-state index is -0.671. The molecule has 0 aromatic heterocycles. The van der Waals surface area contributed by atoms with Gasteiger partial charge in [-0.3, -0.25) is 19.7 Å². The first-order chi connectivity index (χ1) is 12.9. The predicted molar refractivity (Wildman–Crippen MR) is 106 cm³/mol. The second kappa shape index (κ2) is 10.3. The number of carbonyl (C=O) groups is 2. The summed E-state index contributed by atoms with van der Waals surface area (Å²) in [6.07, 6.45) is 4.84. The monoisotopic (exact) mass is 394 g/mol. The molecule has 0 heterocycles. The van der Waals surface area contributed by atoms with Gasteiger partial charge >= 0.3 is 0 Å². The minimum Gasteiger partial charge on any atom is -0.353 e. The van der Waals surface area contributed by atoms with Crippen LogP contribution in [-0.4, -0.2) is 65.9 Å². The lowest BCUT2D eigenvalue weighted by Crippen LogP contribution is -2.48. The third-order valence-corrected chi connectivity index (χ3v) is 5.13. The molecule has 0 saturated heterocycles. The molecule has 9 heteroatoms. The average Bonchev–Trinajstić information content (AvgIpc) is 3.50. The highest BCUT2D eigenvalue weighted by atomic mass is 32.2. The Balaban J connectivity index is 1.93. The van der Waals surface area contributed by atoms with Gasteiger partial charge in [0, 0.05) is 36.8 Å². The Kier molecular flexibility index (Phi) is 8.05. The van der Waals surface area contributed by atoms with Gasteiger partial charge in [0.1, 0.15) is 6.04 Å². The number of likely N-dealkylation sites (N-methyl/N-ethyl adjacent to an activating group) is 1. The normalized spacial score (nSPS) is 14.6. The van der Waals surface area contributed by atoms with E-state index in [1.807, 2.05) is 13.3 Å². The average molecular weight is 394 g/mol. The first kappa shape index (κ1) is 21.2. The van der Waals surface area contributed by atoms with E-state index in [-0.39, 0.29) is 17.2 Å². The number of non-ortho nitro benzene ring substituents is 1. The Bertz CT molecular complexity index is 681. The third kappa shape index (κ3) is 6.84. The van der Waals surface area contributed by atoms with Gasteiger partial charge in [-0.1, -0.05) is 6.07 Å². The highest BCUT2D eigenvalue weighted by Crippen LogP contribution is 2.24. The number of hydrogen-bond donors (Lipinski definition) is 2. The highest BCUT2D eigenvalue weighted by molar-refractivity contribution is 7.98. The number of nitrogens with one attached hydrogen (secondary N) is 2. The summed E-state index contributed by atoms with van der Waals surface area (Å²) in [4.78, 5) is 37.5. The van der Waals surface area contributed by atoms with Gasteiger partial charge in [-0.25, -0.2) is 0 Å². The standard InChI is InChI=1S/C18H26N4O4S/c1-21(14-6-7-14)10-9-19-18(24)16(8-11-27-2)20-17(23)13-4-3-5-15(12-13)22(25)26/h3-5,12,14,16H,6-11H2,1-2H3,(H,19,24)(H,20,23). The molecule has 1 aliphatic rings. The van der Waals surface area contributed by atoms with Gasteiger partial charge in [0.25, 0.3) is 11.6 Å². The zero-order valence-corrected chi connectivity index (χ0v) is 16.5. The first-order valence-corrected chi connectivity index (χ1v) is 10.3. The molecule has 2 rings (SSSR count). The maximum Gasteiger partial charge on any atom is 0.270 e. The molecule has 1 aromatic carbocycles. The van der Waals surface area contributed by atoms with Crippen molar-refractivity contribution in [2.45, 2.75) is 31.3 Å². The van der Waals surface area contributed by atoms with Crippen LogP contribution < -0.4 is 10.6 Å². The summed E-state index contributed by atoms with van der Waals surface area (Å²) in [5, 5.41) is 16.5. The number of carbonyl (C=O) groups excluding carboxylic acids is 2. The Morgan fingerprint density at radius 2 is 2.15 bits per heavy atom. The van der Waals surface area contributed by atoms with Crippen molar-refractivity contribution in [3.63, 3.8) is 0 Å². The van der Waals surface area contributed by atoms with Gasteiger partial charge in [0.15, 0.2) is 0 Å². The summed E-state index contributed by atoms with van der Waals surface area (Å²) in [6, 6.07) is 5.45. The fourth-order valence-electron chi connectivity index (χ4n) is 2.68. The maximum atomic E-state index is 12.5. The van der Waals surface area contributed by atoms with Gasteiger partial charge < -0.3 is 15.5 Å². The Morgan fingerprint density at radius 1 is 1.41 bits per heavy atom. The van der Waals surface area contributed by atoms with Crippen LogP contribution >= 0.6 is 11.8 Å². The number of hydrogen-bond acceptors (Lipinski definition) is 6. The molecular weight excluding hydrogens is 368 g/mol. The molecule has 27 heavy (non-hydrogen) atoms. The lowest BCUT2D eigenvalue weighted by Gasteiger charge is -2.20. The Hall–Kier alpha value is -2.13. The number of rotatable bonds is 11. The van der Waals surface area contributed by atoms with Gasteiger partial charge in [-0.2, -0.15) is 11.8 Å². The topological polar surface area (TPSA) is 105 Å². The van der Waals surface area contributed by atoms with Crippen molar-refractivity contribution in [1.29, 1.82) is 0 Å². The number of nitro groups is 1. The van der Waals surface area contributed by atoms with Crippen LogP contribution in [0.1, 0.15) is 29.6 Å². The van der Waals surface area contributed by atoms with Gasteiger partial charge in [0.05, 0.1) is 4.92 Å². The van der Waals surface area contributed by atoms with Crippen molar-refractivity contribution < 1.29 is 14.5 Å². The van der Waals surface area contributed by atoms with E-state index in [0.29, 0.717) is 19.0 Å². The molecule has 1 unspecified atom stereocenters. The lowest BCUT2D eigenvalue weighted by atomic mass is 10.1. The molecule has 1 saturated carbocycles. The number of nitrogens with zero attached hydrogens (tertiary/aromatic N) is 2. The molecule has 1 fully saturated rings. The molecule has 0 aliphatic heterocycles. The molecule has 148 valence electrons. The van der Waals surface area contributed by atoms with E-state index < -0.39 is 16.9 Å². The van der Waals surface area contributed by atoms with E-state index >= 15 is 0 Å². The summed E-state index contributed by atoms with van der Waals surface area (Å²) in [7, 11) is 2.04. The van der Waals surface area contributed by atoms with Crippen LogP contribution in [0, 0.1) is 10.1 Å². The van der Waals surface area contributed by atoms with E-state index in [1.165, 1.54) is 37.1 Å². The zero-order chi connectivity index (χ0) is 19.8. The number of nitro benzene ring substituents is 1. The Morgan fingerprint density at radius 3 is 2.78 bits per heavy atom. The first-order valence-electron chi connectivity index (χ1n) is 8.94. The van der Waals surface area contributed by atoms with Crippen LogP contribution in [0.3, 0.4) is 0 Å². The van der Waals surface area contributed by atoms with Gasteiger partial charge in [-0.05, 0) is 44.4 Å². The quantitative estimate of drug-likeness (QED) is 0.437. The lowest BCUT2D eigenvalue weighted by molar-refractivity contribution is -0.384. The van der Waals surface area contributed by atoms with E-state index in [1.54, 1.807) is 11.8 Å². The van der Waals surface area contributed by atoms with E-state index in [9.17, 15) is 19.7 Å². The summed E-state index contributed by atoms with van der Waals surface area (Å²) in [5.74, 6) is -0.00276. The maximum absolute atomic E-state index is 12.5. The molecule has 1 atom stereocenters. The predicted octanol–water partition coefficient (Wildman–Crippen LogP) is 1.66. The molecule has 0 bridgehead atoms. The van der Waals surface area contributed by atoms with E-state index in [2.05, 4.69) is 15.5 Å². The molecule has 2 N–H and O–H groups in total. The minimum absolute atomic E-state index is 0.157. The second-order valence-electron chi connectivity index (χ2n) is 6.62. The van der Waals surface area contributed by atoms with Crippen molar-refractivity contribution in [2.75, 3.05) is 32.1 Å². The van der Waals surface area contributed by atoms with Crippen molar-refractivity contribution >= 4 is 29.3 Å². The van der Waals surface area contributed by atoms with E-state index in [0.717, 1.165) is 12.3 Å². The molecule has 1 aliphatic carbocycles. The molecular formula is C18H26N4O4S. The molecule has 8 nitrogen and oxygen atoms in total. The van der Waals surface area contributed by atoms with Crippen LogP contribution in [0.15, 0.2) is 24.3 Å². The summed E-state index contributed by atoms with van der Waals surface area (Å²) in [6.45, 7) is 1.29. The fourth-order valence-corrected chi connectivity index (χ4v) is 3.15. The van der Waals surface area contributed by atoms with Crippen LogP contribution in [0.5, 0.6) is 0 Å². The Labute approximate surface area is 163 Å². The molecule has 0 radical (unpaired) electrons. The number of thioether (sulfide) groups is 1. The number of amides is 2. The smallest absolute Gasteiger partial charge is 0.270 e. The summed E-state index contributed by atoms with van der Waals surface area (Å²) in [5.41, 5.74) is 0.00972. The summed E-state index contributed by atoms with van der Waals surface area (Å²) < 4.78 is 0. The van der Waals surface area contributed by atoms with Crippen LogP contribution in [0.25, 0.3) is 0 Å². The van der Waals surface area contributed by atoms with Gasteiger partial charge in [-0.15, -0.1) is 0 Å². The molecule has 0 spiro atoms. The van der Waals surface area contributed by atoms with Crippen LogP contribution in [-0.2, 0) is 4.79 Å². The fraction of sp³-hybridized carbons (Fsp3) is 0.556. The van der Waals surface area contributed by atoms with Crippen LogP contribution in [0.4, 0.5) is 5.69 Å². The molecule has 2 amide bonds. The van der Waals surface area contributed by atoms with Crippen molar-refractivity contribution in [3.05, 3.63) is 39.9 Å². The largest absolute Gasteiger partial charge is 0.353 e. The number of benzene rings is 1. The zero-order valence-electron chi connectivity index (χ0n) is 15.6. The third-order valence-electron chi connectivity index (χ3n) is 4.49. The van der Waals surface area contributed by atoms with E-state index in [4.69, 9.17) is 0 Å². The highest BCUT2D eigenvalue weighted by Gasteiger charge is 2.26. The van der Waals surface area contributed by atoms with Crippen molar-refractivity contribution in [1.82, 2.24) is 15.5 Å².